The molecule has 0 aromatic carbocycles. The number of hydrogen-bond donors (Lipinski definition) is 0. The largest absolute Gasteiger partial charge is 0.440 e. The third-order valence-corrected chi connectivity index (χ3v) is 0.859. The molecule has 1 aromatic heterocycles. The fourth-order valence-electron chi connectivity index (χ4n) is 0.256. The number of furan rings is 1. The van der Waals surface area contributed by atoms with Crippen LogP contribution in [0.1, 0.15) is 0 Å². The molecule has 1 aromatic rings. The van der Waals surface area contributed by atoms with Gasteiger partial charge in [0.2, 0.25) is 0 Å². The van der Waals surface area contributed by atoms with Gasteiger partial charge in [-0.3, -0.25) is 0 Å². The summed E-state index contributed by atoms with van der Waals surface area (Å²) in [5.74, 6) is 0. The summed E-state index contributed by atoms with van der Waals surface area (Å²) in [5.41, 5.74) is 0. The van der Waals surface area contributed by atoms with Gasteiger partial charge in [0, 0.05) is 6.07 Å². The maximum Gasteiger partial charge on any atom is 0.195 e. The van der Waals surface area contributed by atoms with Gasteiger partial charge in [0.15, 0.2) is 11.5 Å². The average molecular weight is 136 g/mol. The van der Waals surface area contributed by atoms with E-state index in [1.165, 1.54) is 6.07 Å². The van der Waals surface area contributed by atoms with Crippen molar-refractivity contribution in [3.63, 3.8) is 0 Å². The van der Waals surface area contributed by atoms with E-state index in [-0.39, 0.29) is 5.22 Å². The smallest absolute Gasteiger partial charge is 0.195 e. The molecule has 0 aliphatic rings. The van der Waals surface area contributed by atoms with E-state index < -0.39 is 0 Å². The standard InChI is InChI=1S/C4HCl2O/c5-3-1-4(6)7-2-3/h1H. The highest BCUT2D eigenvalue weighted by Crippen LogP contribution is 2.15. The molecule has 0 unspecified atom stereocenters. The third-order valence-electron chi connectivity index (χ3n) is 0.486. The summed E-state index contributed by atoms with van der Waals surface area (Å²) in [4.78, 5) is 0. The van der Waals surface area contributed by atoms with Gasteiger partial charge in [-0.05, 0) is 11.6 Å². The Kier molecular flexibility index (Phi) is 1.26. The minimum Gasteiger partial charge on any atom is -0.440 e. The van der Waals surface area contributed by atoms with Crippen molar-refractivity contribution in [2.24, 2.45) is 0 Å². The van der Waals surface area contributed by atoms with Crippen LogP contribution in [0.5, 0.6) is 0 Å². The van der Waals surface area contributed by atoms with E-state index in [9.17, 15) is 0 Å². The maximum atomic E-state index is 5.33. The van der Waals surface area contributed by atoms with Crippen LogP contribution in [0, 0.1) is 6.26 Å². The van der Waals surface area contributed by atoms with Crippen molar-refractivity contribution in [1.82, 2.24) is 0 Å². The zero-order chi connectivity index (χ0) is 5.28. The van der Waals surface area contributed by atoms with Gasteiger partial charge in [-0.15, -0.1) is 0 Å². The predicted octanol–water partition coefficient (Wildman–Crippen LogP) is 2.39. The zero-order valence-electron chi connectivity index (χ0n) is 3.24. The summed E-state index contributed by atoms with van der Waals surface area (Å²) in [6.45, 7) is 0. The molecule has 0 bridgehead atoms. The van der Waals surface area contributed by atoms with Crippen molar-refractivity contribution in [3.05, 3.63) is 22.6 Å². The van der Waals surface area contributed by atoms with Gasteiger partial charge < -0.3 is 4.42 Å². The van der Waals surface area contributed by atoms with Crippen molar-refractivity contribution in [2.75, 3.05) is 0 Å². The van der Waals surface area contributed by atoms with Gasteiger partial charge in [-0.1, -0.05) is 11.6 Å². The molecule has 0 saturated heterocycles. The summed E-state index contributed by atoms with van der Waals surface area (Å²) >= 11 is 10.6. The van der Waals surface area contributed by atoms with E-state index in [0.29, 0.717) is 5.02 Å². The first-order chi connectivity index (χ1) is 3.29. The Hall–Kier alpha value is -0.140. The summed E-state index contributed by atoms with van der Waals surface area (Å²) in [7, 11) is 0. The Morgan fingerprint density at radius 1 is 1.57 bits per heavy atom. The summed E-state index contributed by atoms with van der Waals surface area (Å²) < 4.78 is 4.47. The predicted molar refractivity (Wildman–Crippen MR) is 27.6 cm³/mol. The highest BCUT2D eigenvalue weighted by Gasteiger charge is 1.92. The number of hydrogen-bond acceptors (Lipinski definition) is 1. The molecule has 0 amide bonds. The van der Waals surface area contributed by atoms with E-state index in [1.54, 1.807) is 0 Å². The van der Waals surface area contributed by atoms with Crippen LogP contribution in [-0.4, -0.2) is 0 Å². The minimum atomic E-state index is 0.269. The molecular weight excluding hydrogens is 135 g/mol. The first-order valence-corrected chi connectivity index (χ1v) is 2.37. The summed E-state index contributed by atoms with van der Waals surface area (Å²) in [5, 5.41) is 0.676. The van der Waals surface area contributed by atoms with Crippen LogP contribution < -0.4 is 0 Å². The lowest BCUT2D eigenvalue weighted by atomic mass is 10.7. The molecule has 1 nitrogen and oxygen atoms in total. The van der Waals surface area contributed by atoms with Crippen LogP contribution in [0.2, 0.25) is 10.2 Å². The Bertz CT molecular complexity index is 142. The van der Waals surface area contributed by atoms with Gasteiger partial charge in [-0.2, -0.15) is 0 Å². The molecule has 1 rings (SSSR count). The van der Waals surface area contributed by atoms with E-state index in [2.05, 4.69) is 10.7 Å². The third kappa shape index (κ3) is 1.11. The molecule has 1 heterocycles. The molecule has 0 saturated carbocycles. The van der Waals surface area contributed by atoms with Gasteiger partial charge in [0.1, 0.15) is 0 Å². The molecule has 37 valence electrons. The highest BCUT2D eigenvalue weighted by atomic mass is 35.5. The van der Waals surface area contributed by atoms with Crippen LogP contribution >= 0.6 is 23.2 Å². The molecule has 7 heavy (non-hydrogen) atoms. The Morgan fingerprint density at radius 3 is 2.43 bits per heavy atom. The topological polar surface area (TPSA) is 13.1 Å². The van der Waals surface area contributed by atoms with Crippen molar-refractivity contribution in [3.8, 4) is 0 Å². The summed E-state index contributed by atoms with van der Waals surface area (Å²) in [6.07, 6.45) is 2.33. The van der Waals surface area contributed by atoms with Crippen LogP contribution in [0.25, 0.3) is 0 Å². The second-order valence-corrected chi connectivity index (χ2v) is 1.78. The maximum absolute atomic E-state index is 5.33. The first kappa shape index (κ1) is 5.01. The van der Waals surface area contributed by atoms with Gasteiger partial charge in [-0.25, -0.2) is 0 Å². The molecule has 0 fully saturated rings. The second-order valence-electron chi connectivity index (χ2n) is 1.00. The van der Waals surface area contributed by atoms with Gasteiger partial charge in [0.05, 0.1) is 5.02 Å². The molecule has 0 aliphatic heterocycles. The van der Waals surface area contributed by atoms with Gasteiger partial charge in [0.25, 0.3) is 0 Å². The normalized spacial score (nSPS) is 9.43. The molecule has 0 spiro atoms. The van der Waals surface area contributed by atoms with Crippen LogP contribution in [0.3, 0.4) is 0 Å². The molecular formula is C4HCl2O. The van der Waals surface area contributed by atoms with E-state index in [0.717, 1.165) is 0 Å². The lowest BCUT2D eigenvalue weighted by molar-refractivity contribution is 0.560. The van der Waals surface area contributed by atoms with Crippen LogP contribution in [0.4, 0.5) is 0 Å². The van der Waals surface area contributed by atoms with E-state index in [4.69, 9.17) is 23.2 Å². The molecule has 0 atom stereocenters. The minimum absolute atomic E-state index is 0.269. The summed E-state index contributed by atoms with van der Waals surface area (Å²) in [6, 6.07) is 1.48. The van der Waals surface area contributed by atoms with E-state index >= 15 is 0 Å². The molecule has 0 N–H and O–H groups in total. The molecule has 0 aliphatic carbocycles. The Labute approximate surface area is 50.8 Å². The number of rotatable bonds is 0. The first-order valence-electron chi connectivity index (χ1n) is 1.61. The second kappa shape index (κ2) is 1.76. The quantitative estimate of drug-likeness (QED) is 0.533. The average Bonchev–Trinajstić information content (AvgIpc) is 1.87. The van der Waals surface area contributed by atoms with Crippen molar-refractivity contribution in [1.29, 1.82) is 0 Å². The zero-order valence-corrected chi connectivity index (χ0v) is 4.75. The fourth-order valence-corrected chi connectivity index (χ4v) is 0.597. The van der Waals surface area contributed by atoms with Crippen LogP contribution in [-0.2, 0) is 0 Å². The van der Waals surface area contributed by atoms with Gasteiger partial charge >= 0.3 is 0 Å². The Morgan fingerprint density at radius 2 is 2.29 bits per heavy atom. The van der Waals surface area contributed by atoms with Crippen molar-refractivity contribution in [2.45, 2.75) is 0 Å². The molecule has 3 heteroatoms. The SMILES string of the molecule is Clc1[c]oc(Cl)c1. The molecule has 1 radical (unpaired) electrons. The monoisotopic (exact) mass is 135 g/mol. The fraction of sp³-hybridized carbons (Fsp3) is 0. The van der Waals surface area contributed by atoms with Crippen LogP contribution in [0.15, 0.2) is 10.5 Å². The highest BCUT2D eigenvalue weighted by molar-refractivity contribution is 6.33. The lowest BCUT2D eigenvalue weighted by Gasteiger charge is -1.64. The van der Waals surface area contributed by atoms with Crippen molar-refractivity contribution < 1.29 is 4.42 Å². The Balaban J connectivity index is 3.04. The number of halogens is 2. The van der Waals surface area contributed by atoms with Crippen molar-refractivity contribution >= 4 is 23.2 Å². The van der Waals surface area contributed by atoms with E-state index in [1.807, 2.05) is 0 Å². The lowest BCUT2D eigenvalue weighted by Crippen LogP contribution is -1.39.